The Bertz CT molecular complexity index is 1150. The highest BCUT2D eigenvalue weighted by atomic mass is 19.4. The molecule has 180 valence electrons. The first-order valence-electron chi connectivity index (χ1n) is 10.1. The topological polar surface area (TPSA) is 129 Å². The number of carboxylic acids is 1. The minimum atomic E-state index is -5.08. The SMILES string of the molecule is Cc1ccc(-c2cn([C@@H]3CNC[C@H]3O)nn2)cc1C(=O)Nc1ccccc1.O=C(O)C(F)(F)F. The molecule has 1 amide bonds. The van der Waals surface area contributed by atoms with Crippen LogP contribution in [0.5, 0.6) is 0 Å². The molecular weight excluding hydrogens is 455 g/mol. The van der Waals surface area contributed by atoms with E-state index in [-0.39, 0.29) is 11.9 Å². The number of nitrogens with zero attached hydrogens (tertiary/aromatic N) is 3. The van der Waals surface area contributed by atoms with Gasteiger partial charge in [0.15, 0.2) is 0 Å². The molecule has 4 N–H and O–H groups in total. The van der Waals surface area contributed by atoms with Gasteiger partial charge in [0.2, 0.25) is 0 Å². The molecule has 1 aromatic heterocycles. The predicted octanol–water partition coefficient (Wildman–Crippen LogP) is 2.64. The third kappa shape index (κ3) is 6.17. The van der Waals surface area contributed by atoms with Crippen LogP contribution in [0, 0.1) is 6.92 Å². The molecule has 0 saturated carbocycles. The van der Waals surface area contributed by atoms with Gasteiger partial charge in [0.05, 0.1) is 18.3 Å². The Morgan fingerprint density at radius 2 is 1.82 bits per heavy atom. The smallest absolute Gasteiger partial charge is 0.475 e. The lowest BCUT2D eigenvalue weighted by Crippen LogP contribution is -2.22. The van der Waals surface area contributed by atoms with Crippen LogP contribution in [-0.2, 0) is 4.79 Å². The summed E-state index contributed by atoms with van der Waals surface area (Å²) < 4.78 is 33.4. The standard InChI is InChI=1S/C20H21N5O2.C2HF3O2/c1-13-7-8-14(9-16(13)20(27)22-15-5-3-2-4-6-15)17-12-25(24-23-17)18-10-21-11-19(18)26;3-2(4,5)1(6)7/h2-9,12,18-19,21,26H,10-11H2,1H3,(H,22,27);(H,6,7)/t18-,19-;/m1./s1. The average Bonchev–Trinajstić information content (AvgIpc) is 3.43. The molecule has 1 saturated heterocycles. The molecule has 1 aliphatic heterocycles. The van der Waals surface area contributed by atoms with Crippen molar-refractivity contribution >= 4 is 17.6 Å². The summed E-state index contributed by atoms with van der Waals surface area (Å²) in [4.78, 5) is 21.6. The molecular formula is C22H22F3N5O4. The van der Waals surface area contributed by atoms with E-state index < -0.39 is 18.2 Å². The second-order valence-electron chi connectivity index (χ2n) is 7.53. The number of β-amino-alcohol motifs (C(OH)–C–C–N with tert-alkyl or cyclic N) is 1. The number of para-hydroxylation sites is 1. The number of carbonyl (C=O) groups is 2. The van der Waals surface area contributed by atoms with E-state index in [1.165, 1.54) is 0 Å². The predicted molar refractivity (Wildman–Crippen MR) is 116 cm³/mol. The number of carbonyl (C=O) groups excluding carboxylic acids is 1. The summed E-state index contributed by atoms with van der Waals surface area (Å²) in [5.74, 6) is -2.92. The number of aryl methyl sites for hydroxylation is 1. The third-order valence-electron chi connectivity index (χ3n) is 5.05. The summed E-state index contributed by atoms with van der Waals surface area (Å²) in [7, 11) is 0. The van der Waals surface area contributed by atoms with Crippen molar-refractivity contribution < 1.29 is 33.0 Å². The molecule has 1 fully saturated rings. The number of carboxylic acid groups (broad SMARTS) is 1. The van der Waals surface area contributed by atoms with E-state index in [9.17, 15) is 23.1 Å². The number of nitrogens with one attached hydrogen (secondary N) is 2. The number of halogens is 3. The number of aliphatic carboxylic acids is 1. The van der Waals surface area contributed by atoms with Crippen molar-refractivity contribution in [2.24, 2.45) is 0 Å². The molecule has 2 heterocycles. The van der Waals surface area contributed by atoms with Crippen LogP contribution in [0.1, 0.15) is 22.0 Å². The van der Waals surface area contributed by atoms with Gasteiger partial charge in [-0.1, -0.05) is 35.5 Å². The van der Waals surface area contributed by atoms with Gasteiger partial charge >= 0.3 is 12.1 Å². The van der Waals surface area contributed by atoms with E-state index in [1.807, 2.05) is 61.7 Å². The normalized spacial score (nSPS) is 17.6. The number of anilines is 1. The van der Waals surface area contributed by atoms with Crippen LogP contribution in [0.4, 0.5) is 18.9 Å². The van der Waals surface area contributed by atoms with E-state index in [0.29, 0.717) is 24.3 Å². The Balaban J connectivity index is 0.000000406. The van der Waals surface area contributed by atoms with Gasteiger partial charge in [0.25, 0.3) is 5.91 Å². The van der Waals surface area contributed by atoms with Crippen molar-refractivity contribution in [1.82, 2.24) is 20.3 Å². The summed E-state index contributed by atoms with van der Waals surface area (Å²) >= 11 is 0. The van der Waals surface area contributed by atoms with E-state index >= 15 is 0 Å². The number of benzene rings is 2. The van der Waals surface area contributed by atoms with Crippen LogP contribution in [0.25, 0.3) is 11.3 Å². The maximum Gasteiger partial charge on any atom is 0.490 e. The molecule has 3 aromatic rings. The van der Waals surface area contributed by atoms with Crippen molar-refractivity contribution in [2.45, 2.75) is 25.2 Å². The summed E-state index contributed by atoms with van der Waals surface area (Å²) in [6.45, 7) is 3.11. The summed E-state index contributed by atoms with van der Waals surface area (Å²) in [6, 6.07) is 14.9. The zero-order chi connectivity index (χ0) is 24.9. The molecule has 0 aliphatic carbocycles. The lowest BCUT2D eigenvalue weighted by Gasteiger charge is -2.12. The van der Waals surface area contributed by atoms with E-state index in [2.05, 4.69) is 20.9 Å². The van der Waals surface area contributed by atoms with E-state index in [0.717, 1.165) is 16.8 Å². The Kier molecular flexibility index (Phi) is 7.64. The molecule has 0 unspecified atom stereocenters. The van der Waals surface area contributed by atoms with Gasteiger partial charge in [-0.25, -0.2) is 9.48 Å². The van der Waals surface area contributed by atoms with Gasteiger partial charge in [-0.2, -0.15) is 13.2 Å². The molecule has 4 rings (SSSR count). The highest BCUT2D eigenvalue weighted by Crippen LogP contribution is 2.23. The fourth-order valence-electron chi connectivity index (χ4n) is 3.24. The molecule has 2 aromatic carbocycles. The summed E-state index contributed by atoms with van der Waals surface area (Å²) in [5, 5.41) is 31.6. The number of aliphatic hydroxyl groups is 1. The lowest BCUT2D eigenvalue weighted by atomic mass is 10.0. The van der Waals surface area contributed by atoms with Crippen LogP contribution in [0.3, 0.4) is 0 Å². The number of aliphatic hydroxyl groups excluding tert-OH is 1. The fourth-order valence-corrected chi connectivity index (χ4v) is 3.24. The molecule has 1 aliphatic rings. The monoisotopic (exact) mass is 477 g/mol. The molecule has 12 heteroatoms. The molecule has 0 radical (unpaired) electrons. The second kappa shape index (κ2) is 10.4. The van der Waals surface area contributed by atoms with Crippen molar-refractivity contribution in [3.8, 4) is 11.3 Å². The van der Waals surface area contributed by atoms with Gasteiger partial charge < -0.3 is 20.8 Å². The zero-order valence-corrected chi connectivity index (χ0v) is 18.0. The molecule has 0 bridgehead atoms. The van der Waals surface area contributed by atoms with E-state index in [4.69, 9.17) is 9.90 Å². The van der Waals surface area contributed by atoms with Crippen LogP contribution < -0.4 is 10.6 Å². The van der Waals surface area contributed by atoms with Crippen LogP contribution in [-0.4, -0.2) is 62.5 Å². The lowest BCUT2D eigenvalue weighted by molar-refractivity contribution is -0.192. The fraction of sp³-hybridized carbons (Fsp3) is 0.273. The number of alkyl halides is 3. The Labute approximate surface area is 192 Å². The number of amides is 1. The van der Waals surface area contributed by atoms with Gasteiger partial charge in [0.1, 0.15) is 5.69 Å². The van der Waals surface area contributed by atoms with Crippen LogP contribution in [0.15, 0.2) is 54.7 Å². The average molecular weight is 477 g/mol. The van der Waals surface area contributed by atoms with Gasteiger partial charge in [0, 0.05) is 29.9 Å². The maximum absolute atomic E-state index is 12.7. The van der Waals surface area contributed by atoms with Crippen molar-refractivity contribution in [3.63, 3.8) is 0 Å². The second-order valence-corrected chi connectivity index (χ2v) is 7.53. The third-order valence-corrected chi connectivity index (χ3v) is 5.05. The number of aromatic nitrogens is 3. The molecule has 9 nitrogen and oxygen atoms in total. The maximum atomic E-state index is 12.7. The zero-order valence-electron chi connectivity index (χ0n) is 18.0. The largest absolute Gasteiger partial charge is 0.490 e. The highest BCUT2D eigenvalue weighted by molar-refractivity contribution is 6.05. The number of rotatable bonds is 4. The number of hydrogen-bond acceptors (Lipinski definition) is 6. The van der Waals surface area contributed by atoms with Crippen LogP contribution >= 0.6 is 0 Å². The molecule has 2 atom stereocenters. The van der Waals surface area contributed by atoms with Crippen molar-refractivity contribution in [2.75, 3.05) is 18.4 Å². The first-order chi connectivity index (χ1) is 16.1. The first kappa shape index (κ1) is 24.9. The Morgan fingerprint density at radius 1 is 1.15 bits per heavy atom. The molecule has 0 spiro atoms. The van der Waals surface area contributed by atoms with Crippen molar-refractivity contribution in [1.29, 1.82) is 0 Å². The summed E-state index contributed by atoms with van der Waals surface area (Å²) in [5.41, 5.74) is 3.71. The quantitative estimate of drug-likeness (QED) is 0.455. The Hall–Kier alpha value is -3.77. The minimum absolute atomic E-state index is 0.127. The van der Waals surface area contributed by atoms with Crippen molar-refractivity contribution in [3.05, 3.63) is 65.9 Å². The molecule has 34 heavy (non-hydrogen) atoms. The first-order valence-corrected chi connectivity index (χ1v) is 10.1. The van der Waals surface area contributed by atoms with Gasteiger partial charge in [-0.05, 0) is 30.7 Å². The van der Waals surface area contributed by atoms with Gasteiger partial charge in [-0.3, -0.25) is 4.79 Å². The number of hydrogen-bond donors (Lipinski definition) is 4. The minimum Gasteiger partial charge on any atom is -0.475 e. The Morgan fingerprint density at radius 3 is 2.41 bits per heavy atom. The van der Waals surface area contributed by atoms with Gasteiger partial charge in [-0.15, -0.1) is 5.10 Å². The van der Waals surface area contributed by atoms with E-state index in [1.54, 1.807) is 4.68 Å². The summed E-state index contributed by atoms with van der Waals surface area (Å²) in [6.07, 6.45) is -3.76. The highest BCUT2D eigenvalue weighted by Gasteiger charge is 2.38. The van der Waals surface area contributed by atoms with Crippen LogP contribution in [0.2, 0.25) is 0 Å².